The van der Waals surface area contributed by atoms with Gasteiger partial charge in [-0.1, -0.05) is 0 Å². The quantitative estimate of drug-likeness (QED) is 0.863. The number of hydrogen-bond donors (Lipinski definition) is 2. The van der Waals surface area contributed by atoms with Crippen molar-refractivity contribution in [2.24, 2.45) is 5.92 Å². The van der Waals surface area contributed by atoms with Crippen LogP contribution in [0.1, 0.15) is 40.9 Å². The number of amides is 1. The Morgan fingerprint density at radius 2 is 2.16 bits per heavy atom. The maximum atomic E-state index is 11.8. The molecule has 6 heteroatoms. The van der Waals surface area contributed by atoms with E-state index in [0.29, 0.717) is 19.1 Å². The summed E-state index contributed by atoms with van der Waals surface area (Å²) in [7, 11) is 0. The zero-order chi connectivity index (χ0) is 13.8. The SMILES string of the molecule is CC1CC(CNC(=O)c2ccc(C(=O)O)o2)CCO1. The van der Waals surface area contributed by atoms with Gasteiger partial charge in [-0.25, -0.2) is 4.79 Å². The molecule has 0 bridgehead atoms. The topological polar surface area (TPSA) is 88.8 Å². The van der Waals surface area contributed by atoms with E-state index in [9.17, 15) is 9.59 Å². The minimum atomic E-state index is -1.18. The third kappa shape index (κ3) is 3.57. The molecule has 1 fully saturated rings. The van der Waals surface area contributed by atoms with Crippen LogP contribution in [0.2, 0.25) is 0 Å². The van der Waals surface area contributed by atoms with E-state index in [4.69, 9.17) is 14.3 Å². The van der Waals surface area contributed by atoms with Crippen LogP contribution in [0.15, 0.2) is 16.5 Å². The average Bonchev–Trinajstić information content (AvgIpc) is 2.86. The second kappa shape index (κ2) is 5.88. The molecule has 1 aromatic heterocycles. The first-order chi connectivity index (χ1) is 9.06. The largest absolute Gasteiger partial charge is 0.475 e. The lowest BCUT2D eigenvalue weighted by Gasteiger charge is -2.27. The zero-order valence-corrected chi connectivity index (χ0v) is 10.7. The Balaban J connectivity index is 1.85. The van der Waals surface area contributed by atoms with Gasteiger partial charge in [0.2, 0.25) is 5.76 Å². The molecule has 1 amide bonds. The van der Waals surface area contributed by atoms with Crippen molar-refractivity contribution in [1.82, 2.24) is 5.32 Å². The molecule has 19 heavy (non-hydrogen) atoms. The molecule has 1 saturated heterocycles. The molecule has 2 unspecified atom stereocenters. The van der Waals surface area contributed by atoms with Crippen LogP contribution < -0.4 is 5.32 Å². The van der Waals surface area contributed by atoms with Crippen LogP contribution in [0, 0.1) is 5.92 Å². The van der Waals surface area contributed by atoms with E-state index in [1.54, 1.807) is 0 Å². The molecule has 0 radical (unpaired) electrons. The Morgan fingerprint density at radius 1 is 1.42 bits per heavy atom. The molecular weight excluding hydrogens is 250 g/mol. The van der Waals surface area contributed by atoms with Crippen molar-refractivity contribution >= 4 is 11.9 Å². The molecule has 1 aromatic rings. The fourth-order valence-corrected chi connectivity index (χ4v) is 2.18. The Morgan fingerprint density at radius 3 is 2.79 bits per heavy atom. The summed E-state index contributed by atoms with van der Waals surface area (Å²) in [5.74, 6) is -1.38. The molecule has 0 aliphatic carbocycles. The molecule has 6 nitrogen and oxygen atoms in total. The summed E-state index contributed by atoms with van der Waals surface area (Å²) in [5.41, 5.74) is 0. The minimum Gasteiger partial charge on any atom is -0.475 e. The second-order valence-corrected chi connectivity index (χ2v) is 4.75. The van der Waals surface area contributed by atoms with E-state index in [0.717, 1.165) is 12.8 Å². The average molecular weight is 267 g/mol. The number of carboxylic acids is 1. The summed E-state index contributed by atoms with van der Waals surface area (Å²) in [6, 6.07) is 2.64. The van der Waals surface area contributed by atoms with Gasteiger partial charge in [0.05, 0.1) is 6.10 Å². The van der Waals surface area contributed by atoms with Gasteiger partial charge in [0.15, 0.2) is 5.76 Å². The van der Waals surface area contributed by atoms with Gasteiger partial charge in [-0.3, -0.25) is 4.79 Å². The highest BCUT2D eigenvalue weighted by Gasteiger charge is 2.21. The normalized spacial score (nSPS) is 23.0. The van der Waals surface area contributed by atoms with Crippen LogP contribution in [0.3, 0.4) is 0 Å². The third-order valence-electron chi connectivity index (χ3n) is 3.19. The summed E-state index contributed by atoms with van der Waals surface area (Å²) >= 11 is 0. The van der Waals surface area contributed by atoms with E-state index in [2.05, 4.69) is 5.32 Å². The molecule has 1 aliphatic heterocycles. The number of carbonyl (C=O) groups excluding carboxylic acids is 1. The van der Waals surface area contributed by atoms with Gasteiger partial charge < -0.3 is 19.6 Å². The Hall–Kier alpha value is -1.82. The van der Waals surface area contributed by atoms with Gasteiger partial charge in [0.1, 0.15) is 0 Å². The fourth-order valence-electron chi connectivity index (χ4n) is 2.18. The second-order valence-electron chi connectivity index (χ2n) is 4.75. The van der Waals surface area contributed by atoms with Crippen LogP contribution in [0.4, 0.5) is 0 Å². The monoisotopic (exact) mass is 267 g/mol. The van der Waals surface area contributed by atoms with E-state index < -0.39 is 5.97 Å². The molecule has 0 spiro atoms. The molecule has 2 heterocycles. The van der Waals surface area contributed by atoms with Crippen molar-refractivity contribution in [3.05, 3.63) is 23.7 Å². The lowest BCUT2D eigenvalue weighted by Crippen LogP contribution is -2.34. The molecule has 2 N–H and O–H groups in total. The predicted octanol–water partition coefficient (Wildman–Crippen LogP) is 1.52. The Kier molecular flexibility index (Phi) is 4.21. The number of hydrogen-bond acceptors (Lipinski definition) is 4. The first-order valence-electron chi connectivity index (χ1n) is 6.29. The van der Waals surface area contributed by atoms with Gasteiger partial charge in [-0.05, 0) is 37.8 Å². The highest BCUT2D eigenvalue weighted by Crippen LogP contribution is 2.19. The summed E-state index contributed by atoms with van der Waals surface area (Å²) < 4.78 is 10.4. The van der Waals surface area contributed by atoms with Crippen molar-refractivity contribution in [3.63, 3.8) is 0 Å². The molecule has 2 rings (SSSR count). The molecular formula is C13H17NO5. The standard InChI is InChI=1S/C13H17NO5/c1-8-6-9(4-5-18-8)7-14-12(15)10-2-3-11(19-10)13(16)17/h2-3,8-9H,4-7H2,1H3,(H,14,15)(H,16,17). The predicted molar refractivity (Wildman–Crippen MR) is 66.1 cm³/mol. The van der Waals surface area contributed by atoms with Crippen molar-refractivity contribution in [2.75, 3.05) is 13.2 Å². The Bertz CT molecular complexity index is 467. The van der Waals surface area contributed by atoms with Crippen molar-refractivity contribution in [3.8, 4) is 0 Å². The maximum Gasteiger partial charge on any atom is 0.371 e. The first-order valence-corrected chi connectivity index (χ1v) is 6.29. The van der Waals surface area contributed by atoms with E-state index >= 15 is 0 Å². The van der Waals surface area contributed by atoms with Crippen molar-refractivity contribution in [2.45, 2.75) is 25.9 Å². The summed E-state index contributed by atoms with van der Waals surface area (Å²) in [4.78, 5) is 22.4. The van der Waals surface area contributed by atoms with Gasteiger partial charge in [-0.15, -0.1) is 0 Å². The lowest BCUT2D eigenvalue weighted by molar-refractivity contribution is 0.00295. The lowest BCUT2D eigenvalue weighted by atomic mass is 9.96. The van der Waals surface area contributed by atoms with Gasteiger partial charge in [0, 0.05) is 13.2 Å². The third-order valence-corrected chi connectivity index (χ3v) is 3.19. The summed E-state index contributed by atoms with van der Waals surface area (Å²) in [6.07, 6.45) is 2.06. The zero-order valence-electron chi connectivity index (χ0n) is 10.7. The molecule has 1 aliphatic rings. The van der Waals surface area contributed by atoms with E-state index in [-0.39, 0.29) is 23.5 Å². The smallest absolute Gasteiger partial charge is 0.371 e. The minimum absolute atomic E-state index is 0.0255. The number of carboxylic acid groups (broad SMARTS) is 1. The molecule has 104 valence electrons. The Labute approximate surface area is 110 Å². The van der Waals surface area contributed by atoms with Crippen molar-refractivity contribution in [1.29, 1.82) is 0 Å². The number of ether oxygens (including phenoxy) is 1. The van der Waals surface area contributed by atoms with E-state index in [1.807, 2.05) is 6.92 Å². The van der Waals surface area contributed by atoms with Crippen LogP contribution in [-0.4, -0.2) is 36.2 Å². The number of aromatic carboxylic acids is 1. The summed E-state index contributed by atoms with van der Waals surface area (Å²) in [5, 5.41) is 11.5. The van der Waals surface area contributed by atoms with Crippen LogP contribution in [0.25, 0.3) is 0 Å². The highest BCUT2D eigenvalue weighted by molar-refractivity contribution is 5.93. The molecule has 0 aromatic carbocycles. The first kappa shape index (κ1) is 13.6. The highest BCUT2D eigenvalue weighted by atomic mass is 16.5. The van der Waals surface area contributed by atoms with Crippen LogP contribution in [-0.2, 0) is 4.74 Å². The van der Waals surface area contributed by atoms with Crippen molar-refractivity contribution < 1.29 is 23.8 Å². The molecule has 2 atom stereocenters. The van der Waals surface area contributed by atoms with Gasteiger partial charge >= 0.3 is 5.97 Å². The van der Waals surface area contributed by atoms with E-state index in [1.165, 1.54) is 12.1 Å². The summed E-state index contributed by atoms with van der Waals surface area (Å²) in [6.45, 7) is 3.28. The van der Waals surface area contributed by atoms with Crippen LogP contribution >= 0.6 is 0 Å². The number of furan rings is 1. The molecule has 0 saturated carbocycles. The number of rotatable bonds is 4. The van der Waals surface area contributed by atoms with Gasteiger partial charge in [-0.2, -0.15) is 0 Å². The number of nitrogens with one attached hydrogen (secondary N) is 1. The maximum absolute atomic E-state index is 11.8. The van der Waals surface area contributed by atoms with Gasteiger partial charge in [0.25, 0.3) is 5.91 Å². The fraction of sp³-hybridized carbons (Fsp3) is 0.538. The number of carbonyl (C=O) groups is 2. The van der Waals surface area contributed by atoms with Crippen LogP contribution in [0.5, 0.6) is 0 Å².